The fourth-order valence-electron chi connectivity index (χ4n) is 4.18. The highest BCUT2D eigenvalue weighted by Crippen LogP contribution is 2.26. The van der Waals surface area contributed by atoms with Gasteiger partial charge in [0, 0.05) is 38.3 Å². The Balaban J connectivity index is 1.53. The summed E-state index contributed by atoms with van der Waals surface area (Å²) in [6, 6.07) is 13.3. The van der Waals surface area contributed by atoms with Crippen molar-refractivity contribution in [3.05, 3.63) is 81.2 Å². The number of aromatic nitrogens is 2. The first-order valence-corrected chi connectivity index (χ1v) is 12.2. The third-order valence-corrected chi connectivity index (χ3v) is 8.07. The smallest absolute Gasteiger partial charge is 0.270 e. The molecule has 2 aromatic carbocycles. The monoisotopic (exact) mass is 483 g/mol. The Bertz CT molecular complexity index is 1360. The molecule has 0 saturated carbocycles. The number of benzene rings is 2. The van der Waals surface area contributed by atoms with Crippen molar-refractivity contribution in [3.8, 4) is 5.69 Å². The van der Waals surface area contributed by atoms with Crippen LogP contribution >= 0.6 is 0 Å². The van der Waals surface area contributed by atoms with Gasteiger partial charge in [-0.25, -0.2) is 13.1 Å². The largest absolute Gasteiger partial charge is 0.336 e. The van der Waals surface area contributed by atoms with E-state index in [-0.39, 0.29) is 42.7 Å². The van der Waals surface area contributed by atoms with Crippen molar-refractivity contribution >= 4 is 21.6 Å². The first-order chi connectivity index (χ1) is 16.1. The van der Waals surface area contributed by atoms with Gasteiger partial charge in [0.25, 0.3) is 11.6 Å². The molecule has 0 aliphatic carbocycles. The lowest BCUT2D eigenvalue weighted by molar-refractivity contribution is -0.385. The Hall–Kier alpha value is -3.57. The topological polar surface area (TPSA) is 119 Å². The number of piperazine rings is 1. The molecule has 1 fully saturated rings. The van der Waals surface area contributed by atoms with Crippen LogP contribution in [0, 0.1) is 30.9 Å². The van der Waals surface area contributed by atoms with Crippen LogP contribution < -0.4 is 0 Å². The number of hydrogen-bond acceptors (Lipinski definition) is 6. The summed E-state index contributed by atoms with van der Waals surface area (Å²) in [4.78, 5) is 25.4. The molecule has 1 aliphatic heterocycles. The fourth-order valence-corrected chi connectivity index (χ4v) is 5.85. The van der Waals surface area contributed by atoms with Crippen molar-refractivity contribution in [3.63, 3.8) is 0 Å². The zero-order valence-electron chi connectivity index (χ0n) is 19.1. The first kappa shape index (κ1) is 23.6. The molecule has 0 radical (unpaired) electrons. The number of carbonyl (C=O) groups is 1. The predicted molar refractivity (Wildman–Crippen MR) is 126 cm³/mol. The lowest BCUT2D eigenvalue weighted by Crippen LogP contribution is -2.50. The van der Waals surface area contributed by atoms with E-state index < -0.39 is 14.9 Å². The van der Waals surface area contributed by atoms with Gasteiger partial charge in [0.15, 0.2) is 0 Å². The molecule has 0 bridgehead atoms. The number of hydrogen-bond donors (Lipinski definition) is 0. The number of aryl methyl sites for hydroxylation is 2. The van der Waals surface area contributed by atoms with Crippen LogP contribution in [0.5, 0.6) is 0 Å². The van der Waals surface area contributed by atoms with Gasteiger partial charge in [-0.15, -0.1) is 0 Å². The summed E-state index contributed by atoms with van der Waals surface area (Å²) in [6.07, 6.45) is 0. The van der Waals surface area contributed by atoms with Crippen molar-refractivity contribution in [2.24, 2.45) is 0 Å². The van der Waals surface area contributed by atoms with E-state index in [1.165, 1.54) is 16.4 Å². The second kappa shape index (κ2) is 8.99. The molecule has 0 spiro atoms. The predicted octanol–water partition coefficient (Wildman–Crippen LogP) is 2.85. The Kier molecular flexibility index (Phi) is 6.24. The van der Waals surface area contributed by atoms with Gasteiger partial charge in [0.2, 0.25) is 10.0 Å². The molecule has 178 valence electrons. The number of sulfonamides is 1. The quantitative estimate of drug-likeness (QED) is 0.407. The number of nitro benzene ring substituents is 1. The number of non-ortho nitro benzene ring substituents is 1. The second-order valence-electron chi connectivity index (χ2n) is 8.20. The number of nitro groups is 1. The molecule has 11 heteroatoms. The lowest BCUT2D eigenvalue weighted by atomic mass is 10.1. The molecule has 1 aliphatic rings. The van der Waals surface area contributed by atoms with Crippen LogP contribution in [0.4, 0.5) is 5.69 Å². The SMILES string of the molecule is Cc1ccc([N+](=O)[O-])cc1S(=O)(=O)N1CCN(C(=O)c2c(C)nn(-c3ccccc3)c2C)CC1. The van der Waals surface area contributed by atoms with E-state index >= 15 is 0 Å². The van der Waals surface area contributed by atoms with Gasteiger partial charge in [-0.05, 0) is 38.5 Å². The summed E-state index contributed by atoms with van der Waals surface area (Å²) in [5.74, 6) is -0.194. The van der Waals surface area contributed by atoms with Crippen LogP contribution in [-0.2, 0) is 10.0 Å². The summed E-state index contributed by atoms with van der Waals surface area (Å²) >= 11 is 0. The van der Waals surface area contributed by atoms with E-state index in [0.29, 0.717) is 16.8 Å². The minimum Gasteiger partial charge on any atom is -0.336 e. The molecular weight excluding hydrogens is 458 g/mol. The number of nitrogens with zero attached hydrogens (tertiary/aromatic N) is 5. The van der Waals surface area contributed by atoms with Crippen molar-refractivity contribution in [2.75, 3.05) is 26.2 Å². The van der Waals surface area contributed by atoms with E-state index in [4.69, 9.17) is 0 Å². The maximum atomic E-state index is 13.3. The van der Waals surface area contributed by atoms with E-state index in [2.05, 4.69) is 5.10 Å². The Labute approximate surface area is 197 Å². The number of rotatable bonds is 5. The fraction of sp³-hybridized carbons (Fsp3) is 0.304. The molecule has 0 N–H and O–H groups in total. The molecule has 10 nitrogen and oxygen atoms in total. The zero-order valence-corrected chi connectivity index (χ0v) is 19.9. The van der Waals surface area contributed by atoms with E-state index in [9.17, 15) is 23.3 Å². The summed E-state index contributed by atoms with van der Waals surface area (Å²) < 4.78 is 29.4. The molecule has 4 rings (SSSR count). The molecule has 1 saturated heterocycles. The third-order valence-electron chi connectivity index (χ3n) is 6.03. The lowest BCUT2D eigenvalue weighted by Gasteiger charge is -2.34. The highest BCUT2D eigenvalue weighted by Gasteiger charge is 2.33. The third kappa shape index (κ3) is 4.19. The van der Waals surface area contributed by atoms with Gasteiger partial charge in [-0.3, -0.25) is 14.9 Å². The van der Waals surface area contributed by atoms with Crippen LogP contribution in [-0.4, -0.2) is 64.4 Å². The maximum absolute atomic E-state index is 13.3. The highest BCUT2D eigenvalue weighted by atomic mass is 32.2. The van der Waals surface area contributed by atoms with Crippen LogP contribution in [0.25, 0.3) is 5.69 Å². The molecule has 34 heavy (non-hydrogen) atoms. The number of carbonyl (C=O) groups excluding carboxylic acids is 1. The molecule has 1 aromatic heterocycles. The van der Waals surface area contributed by atoms with Crippen LogP contribution in [0.3, 0.4) is 0 Å². The minimum absolute atomic E-state index is 0.0858. The first-order valence-electron chi connectivity index (χ1n) is 10.8. The Morgan fingerprint density at radius 1 is 1.00 bits per heavy atom. The normalized spacial score (nSPS) is 14.9. The Morgan fingerprint density at radius 3 is 2.26 bits per heavy atom. The van der Waals surface area contributed by atoms with Gasteiger partial charge >= 0.3 is 0 Å². The van der Waals surface area contributed by atoms with Gasteiger partial charge in [0.1, 0.15) is 0 Å². The standard InChI is InChI=1S/C23H25N5O5S/c1-16-9-10-20(28(30)31)15-21(16)34(32,33)26-13-11-25(12-14-26)23(29)22-17(2)24-27(18(22)3)19-7-5-4-6-8-19/h4-10,15H,11-14H2,1-3H3. The summed E-state index contributed by atoms with van der Waals surface area (Å²) in [5, 5.41) is 15.6. The van der Waals surface area contributed by atoms with Gasteiger partial charge < -0.3 is 4.90 Å². The van der Waals surface area contributed by atoms with Gasteiger partial charge in [0.05, 0.1) is 32.5 Å². The van der Waals surface area contributed by atoms with Crippen molar-refractivity contribution < 1.29 is 18.1 Å². The summed E-state index contributed by atoms with van der Waals surface area (Å²) in [6.45, 7) is 5.84. The van der Waals surface area contributed by atoms with Gasteiger partial charge in [-0.1, -0.05) is 24.3 Å². The summed E-state index contributed by atoms with van der Waals surface area (Å²) in [5.41, 5.74) is 2.84. The zero-order chi connectivity index (χ0) is 24.6. The average molecular weight is 484 g/mol. The minimum atomic E-state index is -3.94. The number of para-hydroxylation sites is 1. The number of amides is 1. The molecule has 2 heterocycles. The van der Waals surface area contributed by atoms with E-state index in [1.54, 1.807) is 23.4 Å². The van der Waals surface area contributed by atoms with Crippen LogP contribution in [0.1, 0.15) is 27.3 Å². The van der Waals surface area contributed by atoms with Crippen molar-refractivity contribution in [1.82, 2.24) is 19.0 Å². The average Bonchev–Trinajstić information content (AvgIpc) is 3.13. The van der Waals surface area contributed by atoms with Gasteiger partial charge in [-0.2, -0.15) is 9.40 Å². The molecular formula is C23H25N5O5S. The second-order valence-corrected chi connectivity index (χ2v) is 10.1. The molecule has 0 atom stereocenters. The van der Waals surface area contributed by atoms with Crippen LogP contribution in [0.15, 0.2) is 53.4 Å². The van der Waals surface area contributed by atoms with Crippen LogP contribution in [0.2, 0.25) is 0 Å². The molecule has 0 unspecified atom stereocenters. The Morgan fingerprint density at radius 2 is 1.65 bits per heavy atom. The highest BCUT2D eigenvalue weighted by molar-refractivity contribution is 7.89. The van der Waals surface area contributed by atoms with Crippen molar-refractivity contribution in [2.45, 2.75) is 25.7 Å². The van der Waals surface area contributed by atoms with Crippen molar-refractivity contribution in [1.29, 1.82) is 0 Å². The van der Waals surface area contributed by atoms with E-state index in [0.717, 1.165) is 17.4 Å². The maximum Gasteiger partial charge on any atom is 0.270 e. The van der Waals surface area contributed by atoms with E-state index in [1.807, 2.05) is 37.3 Å². The molecule has 3 aromatic rings. The molecule has 1 amide bonds. The summed E-state index contributed by atoms with van der Waals surface area (Å²) in [7, 11) is -3.94.